The number of amides is 1. The van der Waals surface area contributed by atoms with Crippen molar-refractivity contribution in [3.8, 4) is 0 Å². The summed E-state index contributed by atoms with van der Waals surface area (Å²) >= 11 is 0. The number of aryl methyl sites for hydroxylation is 1. The molecule has 0 atom stereocenters. The number of carbonyl (C=O) groups excluding carboxylic acids is 1. The van der Waals surface area contributed by atoms with Crippen molar-refractivity contribution in [3.05, 3.63) is 83.4 Å². The fraction of sp³-hybridized carbons (Fsp3) is 0.105. The van der Waals surface area contributed by atoms with Crippen LogP contribution in [0.25, 0.3) is 0 Å². The maximum absolute atomic E-state index is 13.6. The van der Waals surface area contributed by atoms with E-state index >= 15 is 0 Å². The lowest BCUT2D eigenvalue weighted by Crippen LogP contribution is -2.14. The Morgan fingerprint density at radius 1 is 1.04 bits per heavy atom. The van der Waals surface area contributed by atoms with Gasteiger partial charge in [0, 0.05) is 18.9 Å². The molecule has 0 fully saturated rings. The first-order chi connectivity index (χ1) is 12.1. The minimum absolute atomic E-state index is 0.120. The van der Waals surface area contributed by atoms with Crippen molar-refractivity contribution >= 4 is 17.5 Å². The van der Waals surface area contributed by atoms with Crippen LogP contribution in [0.2, 0.25) is 0 Å². The van der Waals surface area contributed by atoms with E-state index in [1.54, 1.807) is 12.1 Å². The van der Waals surface area contributed by atoms with Crippen molar-refractivity contribution in [2.45, 2.75) is 13.5 Å². The molecule has 0 unspecified atom stereocenters. The molecular formula is C19H17FN4O. The molecule has 2 aromatic carbocycles. The van der Waals surface area contributed by atoms with Crippen molar-refractivity contribution < 1.29 is 9.18 Å². The van der Waals surface area contributed by atoms with Crippen molar-refractivity contribution in [2.75, 3.05) is 10.6 Å². The Balaban J connectivity index is 1.63. The fourth-order valence-corrected chi connectivity index (χ4v) is 2.28. The molecule has 1 amide bonds. The van der Waals surface area contributed by atoms with E-state index in [1.165, 1.54) is 30.1 Å². The van der Waals surface area contributed by atoms with Gasteiger partial charge in [0.05, 0.1) is 11.3 Å². The average molecular weight is 336 g/mol. The minimum Gasteiger partial charge on any atom is -0.350 e. The molecule has 0 radical (unpaired) electrons. The highest BCUT2D eigenvalue weighted by Crippen LogP contribution is 2.14. The van der Waals surface area contributed by atoms with E-state index in [-0.39, 0.29) is 11.3 Å². The molecule has 0 aliphatic carbocycles. The second-order valence-corrected chi connectivity index (χ2v) is 5.51. The standard InChI is InChI=1S/C19H17FN4O/c1-13-6-2-3-7-14(13)10-21-19-22-11-15(12-23-19)18(25)24-17-9-5-4-8-16(17)20/h2-9,11-12H,10H2,1H3,(H,24,25)(H,21,22,23). The van der Waals surface area contributed by atoms with Gasteiger partial charge in [-0.15, -0.1) is 0 Å². The Morgan fingerprint density at radius 2 is 1.72 bits per heavy atom. The number of hydrogen-bond donors (Lipinski definition) is 2. The largest absolute Gasteiger partial charge is 0.350 e. The van der Waals surface area contributed by atoms with Crippen LogP contribution in [-0.4, -0.2) is 15.9 Å². The SMILES string of the molecule is Cc1ccccc1CNc1ncc(C(=O)Nc2ccccc2F)cn1. The van der Waals surface area contributed by atoms with Gasteiger partial charge in [-0.25, -0.2) is 14.4 Å². The molecule has 0 aliphatic heterocycles. The minimum atomic E-state index is -0.492. The van der Waals surface area contributed by atoms with Crippen LogP contribution in [0.4, 0.5) is 16.0 Å². The quantitative estimate of drug-likeness (QED) is 0.744. The van der Waals surface area contributed by atoms with Crippen LogP contribution in [0.15, 0.2) is 60.9 Å². The topological polar surface area (TPSA) is 66.9 Å². The molecule has 0 saturated heterocycles. The molecule has 0 bridgehead atoms. The van der Waals surface area contributed by atoms with Gasteiger partial charge in [0.2, 0.25) is 5.95 Å². The molecule has 3 rings (SSSR count). The Morgan fingerprint density at radius 3 is 2.44 bits per heavy atom. The molecule has 25 heavy (non-hydrogen) atoms. The molecule has 0 saturated carbocycles. The molecule has 1 aromatic heterocycles. The van der Waals surface area contributed by atoms with Crippen molar-refractivity contribution in [2.24, 2.45) is 0 Å². The second-order valence-electron chi connectivity index (χ2n) is 5.51. The number of carbonyl (C=O) groups is 1. The Hall–Kier alpha value is -3.28. The van der Waals surface area contributed by atoms with E-state index in [0.29, 0.717) is 12.5 Å². The molecule has 1 heterocycles. The van der Waals surface area contributed by atoms with E-state index in [1.807, 2.05) is 31.2 Å². The van der Waals surface area contributed by atoms with Gasteiger partial charge in [-0.2, -0.15) is 0 Å². The van der Waals surface area contributed by atoms with E-state index in [9.17, 15) is 9.18 Å². The van der Waals surface area contributed by atoms with E-state index < -0.39 is 11.7 Å². The number of rotatable bonds is 5. The first-order valence-corrected chi connectivity index (χ1v) is 7.80. The number of hydrogen-bond acceptors (Lipinski definition) is 4. The van der Waals surface area contributed by atoms with Gasteiger partial charge in [0.25, 0.3) is 5.91 Å². The summed E-state index contributed by atoms with van der Waals surface area (Å²) in [5.41, 5.74) is 2.70. The lowest BCUT2D eigenvalue weighted by Gasteiger charge is -2.08. The summed E-state index contributed by atoms with van der Waals surface area (Å²) in [6.07, 6.45) is 2.81. The number of aromatic nitrogens is 2. The Bertz CT molecular complexity index is 881. The van der Waals surface area contributed by atoms with Crippen LogP contribution in [0.1, 0.15) is 21.5 Å². The van der Waals surface area contributed by atoms with Crippen LogP contribution in [0.5, 0.6) is 0 Å². The summed E-state index contributed by atoms with van der Waals surface area (Å²) in [7, 11) is 0. The van der Waals surface area contributed by atoms with Crippen LogP contribution in [-0.2, 0) is 6.54 Å². The average Bonchev–Trinajstić information content (AvgIpc) is 2.63. The van der Waals surface area contributed by atoms with Gasteiger partial charge in [-0.3, -0.25) is 4.79 Å². The molecule has 2 N–H and O–H groups in total. The summed E-state index contributed by atoms with van der Waals surface area (Å²) < 4.78 is 13.6. The highest BCUT2D eigenvalue weighted by atomic mass is 19.1. The van der Waals surface area contributed by atoms with Crippen LogP contribution < -0.4 is 10.6 Å². The number of benzene rings is 2. The molecule has 6 heteroatoms. The molecule has 0 spiro atoms. The maximum atomic E-state index is 13.6. The normalized spacial score (nSPS) is 10.3. The number of halogens is 1. The number of nitrogens with one attached hydrogen (secondary N) is 2. The highest BCUT2D eigenvalue weighted by Gasteiger charge is 2.10. The van der Waals surface area contributed by atoms with Crippen LogP contribution >= 0.6 is 0 Å². The predicted molar refractivity (Wildman–Crippen MR) is 94.9 cm³/mol. The number of para-hydroxylation sites is 1. The summed E-state index contributed by atoms with van der Waals surface area (Å²) in [6.45, 7) is 2.63. The van der Waals surface area contributed by atoms with E-state index in [2.05, 4.69) is 20.6 Å². The van der Waals surface area contributed by atoms with Crippen molar-refractivity contribution in [3.63, 3.8) is 0 Å². The van der Waals surface area contributed by atoms with Gasteiger partial charge in [0.15, 0.2) is 0 Å². The predicted octanol–water partition coefficient (Wildman–Crippen LogP) is 3.79. The zero-order chi connectivity index (χ0) is 17.6. The summed E-state index contributed by atoms with van der Waals surface area (Å²) in [5, 5.41) is 5.61. The van der Waals surface area contributed by atoms with Crippen molar-refractivity contribution in [1.29, 1.82) is 0 Å². The smallest absolute Gasteiger partial charge is 0.258 e. The summed E-state index contributed by atoms with van der Waals surface area (Å²) in [6, 6.07) is 14.0. The Kier molecular flexibility index (Phi) is 4.99. The third-order valence-electron chi connectivity index (χ3n) is 3.73. The third kappa shape index (κ3) is 4.17. The molecule has 0 aliphatic rings. The molecular weight excluding hydrogens is 319 g/mol. The lowest BCUT2D eigenvalue weighted by atomic mass is 10.1. The van der Waals surface area contributed by atoms with Crippen LogP contribution in [0.3, 0.4) is 0 Å². The van der Waals surface area contributed by atoms with Gasteiger partial charge in [-0.05, 0) is 30.2 Å². The highest BCUT2D eigenvalue weighted by molar-refractivity contribution is 6.03. The number of nitrogens with zero attached hydrogens (tertiary/aromatic N) is 2. The first kappa shape index (κ1) is 16.6. The first-order valence-electron chi connectivity index (χ1n) is 7.80. The monoisotopic (exact) mass is 336 g/mol. The number of anilines is 2. The fourth-order valence-electron chi connectivity index (χ4n) is 2.28. The second kappa shape index (κ2) is 7.53. The lowest BCUT2D eigenvalue weighted by molar-refractivity contribution is 0.102. The van der Waals surface area contributed by atoms with Crippen molar-refractivity contribution in [1.82, 2.24) is 9.97 Å². The zero-order valence-electron chi connectivity index (χ0n) is 13.7. The third-order valence-corrected chi connectivity index (χ3v) is 3.73. The van der Waals surface area contributed by atoms with E-state index in [0.717, 1.165) is 5.56 Å². The molecule has 3 aromatic rings. The van der Waals surface area contributed by atoms with E-state index in [4.69, 9.17) is 0 Å². The maximum Gasteiger partial charge on any atom is 0.258 e. The van der Waals surface area contributed by atoms with Gasteiger partial charge in [-0.1, -0.05) is 36.4 Å². The van der Waals surface area contributed by atoms with Crippen LogP contribution in [0, 0.1) is 12.7 Å². The summed E-state index contributed by atoms with van der Waals surface area (Å²) in [5.74, 6) is -0.533. The van der Waals surface area contributed by atoms with Gasteiger partial charge >= 0.3 is 0 Å². The molecule has 5 nitrogen and oxygen atoms in total. The Labute approximate surface area is 145 Å². The molecule has 126 valence electrons. The van der Waals surface area contributed by atoms with Gasteiger partial charge < -0.3 is 10.6 Å². The zero-order valence-corrected chi connectivity index (χ0v) is 13.7. The summed E-state index contributed by atoms with van der Waals surface area (Å²) in [4.78, 5) is 20.4. The van der Waals surface area contributed by atoms with Gasteiger partial charge in [0.1, 0.15) is 5.82 Å².